The minimum Gasteiger partial charge on any atom is -0.258 e. The second kappa shape index (κ2) is 7.45. The Morgan fingerprint density at radius 3 is 2.26 bits per heavy atom. The van der Waals surface area contributed by atoms with Crippen LogP contribution in [0.25, 0.3) is 11.3 Å². The molecule has 0 radical (unpaired) electrons. The van der Waals surface area contributed by atoms with E-state index in [1.807, 2.05) is 24.3 Å². The highest BCUT2D eigenvalue weighted by Gasteiger charge is 2.18. The van der Waals surface area contributed by atoms with Crippen LogP contribution in [0.5, 0.6) is 0 Å². The molecule has 0 unspecified atom stereocenters. The van der Waals surface area contributed by atoms with Gasteiger partial charge in [0.2, 0.25) is 0 Å². The van der Waals surface area contributed by atoms with Crippen molar-refractivity contribution in [2.24, 2.45) is 0 Å². The molecule has 0 aliphatic rings. The summed E-state index contributed by atoms with van der Waals surface area (Å²) < 4.78 is 27.3. The summed E-state index contributed by atoms with van der Waals surface area (Å²) in [6, 6.07) is 12.7. The minimum absolute atomic E-state index is 0.0638. The number of benzene rings is 2. The van der Waals surface area contributed by atoms with Crippen LogP contribution < -0.4 is 4.72 Å². The number of rotatable bonds is 6. The summed E-state index contributed by atoms with van der Waals surface area (Å²) in [7, 11) is -3.87. The molecule has 2 aromatic carbocycles. The third-order valence-corrected chi connectivity index (χ3v) is 6.20. The standard InChI is InChI=1S/C18H17N3O4S2/c1-12(2)13-3-5-14(6-4-13)17-11-26-18(19-17)20-27(24,25)16-9-7-15(8-10-16)21(22)23/h3-12H,1-2H3,(H,19,20). The van der Waals surface area contributed by atoms with E-state index in [-0.39, 0.29) is 15.7 Å². The number of aromatic nitrogens is 1. The van der Waals surface area contributed by atoms with E-state index in [0.29, 0.717) is 11.6 Å². The van der Waals surface area contributed by atoms with Crippen molar-refractivity contribution in [2.75, 3.05) is 4.72 Å². The van der Waals surface area contributed by atoms with Gasteiger partial charge in [-0.1, -0.05) is 38.1 Å². The molecule has 0 aliphatic carbocycles. The first-order valence-corrected chi connectivity index (χ1v) is 10.5. The summed E-state index contributed by atoms with van der Waals surface area (Å²) in [6.45, 7) is 4.23. The van der Waals surface area contributed by atoms with Gasteiger partial charge >= 0.3 is 0 Å². The van der Waals surface area contributed by atoms with Crippen LogP contribution in [0.4, 0.5) is 10.8 Å². The molecule has 0 amide bonds. The Kier molecular flexibility index (Phi) is 5.24. The molecule has 0 saturated carbocycles. The third kappa shape index (κ3) is 4.32. The Hall–Kier alpha value is -2.78. The molecule has 1 aromatic heterocycles. The first-order valence-electron chi connectivity index (χ1n) is 8.09. The van der Waals surface area contributed by atoms with E-state index in [0.717, 1.165) is 17.7 Å². The summed E-state index contributed by atoms with van der Waals surface area (Å²) in [5.74, 6) is 0.429. The largest absolute Gasteiger partial charge is 0.269 e. The van der Waals surface area contributed by atoms with Gasteiger partial charge in [0.05, 0.1) is 15.5 Å². The number of thiazole rings is 1. The lowest BCUT2D eigenvalue weighted by molar-refractivity contribution is -0.384. The SMILES string of the molecule is CC(C)c1ccc(-c2csc(NS(=O)(=O)c3ccc([N+](=O)[O-])cc3)n2)cc1. The number of nitrogens with one attached hydrogen (secondary N) is 1. The zero-order valence-electron chi connectivity index (χ0n) is 14.6. The lowest BCUT2D eigenvalue weighted by atomic mass is 10.0. The zero-order valence-corrected chi connectivity index (χ0v) is 16.3. The smallest absolute Gasteiger partial charge is 0.258 e. The van der Waals surface area contributed by atoms with Crippen LogP contribution in [0.15, 0.2) is 58.8 Å². The van der Waals surface area contributed by atoms with Gasteiger partial charge in [0, 0.05) is 23.1 Å². The van der Waals surface area contributed by atoms with Crippen molar-refractivity contribution in [1.82, 2.24) is 4.98 Å². The predicted octanol–water partition coefficient (Wildman–Crippen LogP) is 4.64. The third-order valence-electron chi connectivity index (χ3n) is 3.96. The van der Waals surface area contributed by atoms with Gasteiger partial charge < -0.3 is 0 Å². The minimum atomic E-state index is -3.87. The van der Waals surface area contributed by atoms with Gasteiger partial charge in [0.1, 0.15) is 0 Å². The van der Waals surface area contributed by atoms with Gasteiger partial charge in [-0.3, -0.25) is 14.8 Å². The number of sulfonamides is 1. The monoisotopic (exact) mass is 403 g/mol. The van der Waals surface area contributed by atoms with Crippen LogP contribution in [-0.2, 0) is 10.0 Å². The summed E-state index contributed by atoms with van der Waals surface area (Å²) in [5.41, 5.74) is 2.62. The number of hydrogen-bond donors (Lipinski definition) is 1. The number of nitro benzene ring substituents is 1. The highest BCUT2D eigenvalue weighted by molar-refractivity contribution is 7.93. The normalized spacial score (nSPS) is 11.5. The highest BCUT2D eigenvalue weighted by Crippen LogP contribution is 2.28. The van der Waals surface area contributed by atoms with Gasteiger partial charge in [-0.25, -0.2) is 13.4 Å². The van der Waals surface area contributed by atoms with E-state index in [1.165, 1.54) is 29.0 Å². The van der Waals surface area contributed by atoms with E-state index < -0.39 is 14.9 Å². The Labute approximate surface area is 160 Å². The van der Waals surface area contributed by atoms with Crippen LogP contribution in [0.3, 0.4) is 0 Å². The van der Waals surface area contributed by atoms with Gasteiger partial charge in [-0.15, -0.1) is 11.3 Å². The van der Waals surface area contributed by atoms with Crippen LogP contribution in [0.1, 0.15) is 25.3 Å². The molecule has 27 heavy (non-hydrogen) atoms. The summed E-state index contributed by atoms with van der Waals surface area (Å²) in [5, 5.41) is 12.7. The molecule has 0 atom stereocenters. The van der Waals surface area contributed by atoms with Crippen LogP contribution in [0, 0.1) is 10.1 Å². The topological polar surface area (TPSA) is 102 Å². The molecule has 9 heteroatoms. The molecule has 0 saturated heterocycles. The van der Waals surface area contributed by atoms with Crippen LogP contribution >= 0.6 is 11.3 Å². The number of nitro groups is 1. The van der Waals surface area contributed by atoms with Crippen molar-refractivity contribution in [2.45, 2.75) is 24.7 Å². The number of non-ortho nitro benzene ring substituents is 1. The second-order valence-electron chi connectivity index (χ2n) is 6.17. The fourth-order valence-corrected chi connectivity index (χ4v) is 4.39. The van der Waals surface area contributed by atoms with E-state index in [1.54, 1.807) is 5.38 Å². The van der Waals surface area contributed by atoms with Gasteiger partial charge in [-0.05, 0) is 23.6 Å². The zero-order chi connectivity index (χ0) is 19.6. The molecule has 1 N–H and O–H groups in total. The van der Waals surface area contributed by atoms with Gasteiger partial charge in [-0.2, -0.15) is 0 Å². The fraction of sp³-hybridized carbons (Fsp3) is 0.167. The molecule has 3 aromatic rings. The molecular weight excluding hydrogens is 386 g/mol. The average Bonchev–Trinajstić information content (AvgIpc) is 3.09. The summed E-state index contributed by atoms with van der Waals surface area (Å²) in [4.78, 5) is 14.4. The highest BCUT2D eigenvalue weighted by atomic mass is 32.2. The molecule has 1 heterocycles. The Balaban J connectivity index is 1.79. The van der Waals surface area contributed by atoms with Crippen molar-refractivity contribution in [1.29, 1.82) is 0 Å². The molecule has 0 fully saturated rings. The van der Waals surface area contributed by atoms with E-state index in [9.17, 15) is 18.5 Å². The summed E-state index contributed by atoms with van der Waals surface area (Å²) >= 11 is 1.17. The Morgan fingerprint density at radius 1 is 1.07 bits per heavy atom. The van der Waals surface area contributed by atoms with Crippen LogP contribution in [0.2, 0.25) is 0 Å². The van der Waals surface area contributed by atoms with Crippen molar-refractivity contribution in [3.05, 3.63) is 69.6 Å². The maximum Gasteiger partial charge on any atom is 0.269 e. The molecule has 140 valence electrons. The van der Waals surface area contributed by atoms with Crippen molar-refractivity contribution >= 4 is 32.2 Å². The second-order valence-corrected chi connectivity index (χ2v) is 8.71. The number of nitrogens with zero attached hydrogens (tertiary/aromatic N) is 2. The average molecular weight is 403 g/mol. The molecule has 0 aliphatic heterocycles. The maximum atomic E-state index is 12.4. The maximum absolute atomic E-state index is 12.4. The fourth-order valence-electron chi connectivity index (χ4n) is 2.41. The molecule has 0 bridgehead atoms. The quantitative estimate of drug-likeness (QED) is 0.477. The van der Waals surface area contributed by atoms with Crippen molar-refractivity contribution in [3.8, 4) is 11.3 Å². The van der Waals surface area contributed by atoms with Crippen molar-refractivity contribution < 1.29 is 13.3 Å². The van der Waals surface area contributed by atoms with E-state index in [4.69, 9.17) is 0 Å². The lowest BCUT2D eigenvalue weighted by Crippen LogP contribution is -2.12. The van der Waals surface area contributed by atoms with Crippen LogP contribution in [-0.4, -0.2) is 18.3 Å². The number of hydrogen-bond acceptors (Lipinski definition) is 6. The van der Waals surface area contributed by atoms with Gasteiger partial charge in [0.15, 0.2) is 5.13 Å². The lowest BCUT2D eigenvalue weighted by Gasteiger charge is -2.06. The molecule has 7 nitrogen and oxygen atoms in total. The Bertz CT molecular complexity index is 1060. The Morgan fingerprint density at radius 2 is 1.70 bits per heavy atom. The van der Waals surface area contributed by atoms with E-state index in [2.05, 4.69) is 23.6 Å². The number of anilines is 1. The first-order chi connectivity index (χ1) is 12.8. The molecule has 0 spiro atoms. The van der Waals surface area contributed by atoms with Gasteiger partial charge in [0.25, 0.3) is 15.7 Å². The van der Waals surface area contributed by atoms with Crippen molar-refractivity contribution in [3.63, 3.8) is 0 Å². The summed E-state index contributed by atoms with van der Waals surface area (Å²) in [6.07, 6.45) is 0. The first kappa shape index (κ1) is 19.0. The van der Waals surface area contributed by atoms with E-state index >= 15 is 0 Å². The molecular formula is C18H17N3O4S2. The molecule has 3 rings (SSSR count). The predicted molar refractivity (Wildman–Crippen MR) is 106 cm³/mol.